The average molecular weight is 538 g/mol. The molecular weight excluding hydrogens is 498 g/mol. The summed E-state index contributed by atoms with van der Waals surface area (Å²) in [4.78, 5) is 27.1. The molecule has 0 atom stereocenters. The molecule has 3 heterocycles. The maximum Gasteiger partial charge on any atom is 0.255 e. The van der Waals surface area contributed by atoms with Crippen molar-refractivity contribution in [1.82, 2.24) is 24.8 Å². The third-order valence-electron chi connectivity index (χ3n) is 5.62. The number of nitrogens with zero attached hydrogens (tertiary/aromatic N) is 5. The monoisotopic (exact) mass is 537 g/mol. The van der Waals surface area contributed by atoms with Gasteiger partial charge in [0.25, 0.3) is 5.91 Å². The predicted molar refractivity (Wildman–Crippen MR) is 154 cm³/mol. The van der Waals surface area contributed by atoms with E-state index >= 15 is 0 Å². The molecule has 2 N–H and O–H groups in total. The van der Waals surface area contributed by atoms with Crippen LogP contribution in [0.3, 0.4) is 0 Å². The number of piperazine rings is 1. The number of rotatable bonds is 7. The van der Waals surface area contributed by atoms with Gasteiger partial charge in [0, 0.05) is 84.6 Å². The standard InChI is InChI=1S/C29H31N7O.ClH/c1-21-5-10-25(18-27(21)34-29-31-13-11-26(33-29)24-4-3-12-30-19-24)32-28(37)23-8-6-22(7-9-23)20-36-16-14-35(2)15-17-36;/h3-13,18-19H,14-17,20H2,1-2H3,(H,32,37)(H,31,33,34);1H/i14D2,15D2,16D2,17D2;. The quantitative estimate of drug-likeness (QED) is 0.342. The second-order valence-corrected chi connectivity index (χ2v) is 8.41. The van der Waals surface area contributed by atoms with Crippen molar-refractivity contribution >= 4 is 35.6 Å². The molecule has 0 spiro atoms. The van der Waals surface area contributed by atoms with Crippen molar-refractivity contribution in [1.29, 1.82) is 0 Å². The van der Waals surface area contributed by atoms with Gasteiger partial charge in [-0.2, -0.15) is 0 Å². The van der Waals surface area contributed by atoms with E-state index < -0.39 is 38.4 Å². The largest absolute Gasteiger partial charge is 0.324 e. The normalized spacial score (nSPS) is 22.4. The summed E-state index contributed by atoms with van der Waals surface area (Å²) in [7, 11) is 1.02. The van der Waals surface area contributed by atoms with Crippen LogP contribution in [0.1, 0.15) is 32.5 Å². The Labute approximate surface area is 240 Å². The molecular formula is C29H32ClN7O. The summed E-state index contributed by atoms with van der Waals surface area (Å²) in [5.41, 5.74) is 4.26. The van der Waals surface area contributed by atoms with Gasteiger partial charge in [0.15, 0.2) is 0 Å². The number of pyridine rings is 1. The summed E-state index contributed by atoms with van der Waals surface area (Å²) < 4.78 is 66.3. The Morgan fingerprint density at radius 1 is 1.03 bits per heavy atom. The molecule has 38 heavy (non-hydrogen) atoms. The van der Waals surface area contributed by atoms with Gasteiger partial charge >= 0.3 is 0 Å². The lowest BCUT2D eigenvalue weighted by atomic mass is 10.1. The lowest BCUT2D eigenvalue weighted by molar-refractivity contribution is 0.102. The van der Waals surface area contributed by atoms with Crippen LogP contribution in [0, 0.1) is 6.92 Å². The van der Waals surface area contributed by atoms with Crippen molar-refractivity contribution < 1.29 is 15.8 Å². The SMILES string of the molecule is Cl.[2H]C1([2H])N(C)C([2H])([2H])C([2H])([2H])N(Cc2ccc(C(=O)Nc3ccc(C)c(Nc4nccc(-c5cccnc5)n4)c3)cc2)C1([2H])[2H]. The van der Waals surface area contributed by atoms with Crippen LogP contribution in [0.25, 0.3) is 11.3 Å². The van der Waals surface area contributed by atoms with Crippen LogP contribution in [-0.2, 0) is 6.54 Å². The second-order valence-electron chi connectivity index (χ2n) is 8.41. The average Bonchev–Trinajstić information content (AvgIpc) is 3.01. The number of carbonyl (C=O) groups excluding carboxylic acids is 1. The molecule has 0 bridgehead atoms. The molecule has 0 saturated carbocycles. The lowest BCUT2D eigenvalue weighted by Crippen LogP contribution is -2.43. The zero-order chi connectivity index (χ0) is 32.8. The molecule has 1 saturated heterocycles. The third-order valence-corrected chi connectivity index (χ3v) is 5.62. The summed E-state index contributed by atoms with van der Waals surface area (Å²) in [5.74, 6) is -0.0575. The first-order valence-corrected chi connectivity index (χ1v) is 11.6. The van der Waals surface area contributed by atoms with Crippen LogP contribution in [0.4, 0.5) is 17.3 Å². The number of anilines is 3. The van der Waals surface area contributed by atoms with Gasteiger partial charge in [0.1, 0.15) is 0 Å². The second kappa shape index (κ2) is 12.6. The highest BCUT2D eigenvalue weighted by Gasteiger charge is 2.14. The van der Waals surface area contributed by atoms with Gasteiger partial charge in [-0.3, -0.25) is 14.7 Å². The van der Waals surface area contributed by atoms with E-state index in [0.717, 1.165) is 18.2 Å². The molecule has 2 aromatic carbocycles. The highest BCUT2D eigenvalue weighted by molar-refractivity contribution is 6.04. The first kappa shape index (κ1) is 18.4. The molecule has 5 rings (SSSR count). The Morgan fingerprint density at radius 2 is 1.82 bits per heavy atom. The number of aromatic nitrogens is 3. The van der Waals surface area contributed by atoms with Crippen molar-refractivity contribution in [2.24, 2.45) is 0 Å². The predicted octanol–water partition coefficient (Wildman–Crippen LogP) is 5.01. The van der Waals surface area contributed by atoms with Gasteiger partial charge in [0.2, 0.25) is 5.95 Å². The third kappa shape index (κ3) is 6.92. The van der Waals surface area contributed by atoms with Crippen molar-refractivity contribution in [3.05, 3.63) is 95.9 Å². The van der Waals surface area contributed by atoms with E-state index in [-0.39, 0.29) is 18.0 Å². The molecule has 1 fully saturated rings. The number of aryl methyl sites for hydroxylation is 1. The van der Waals surface area contributed by atoms with E-state index in [9.17, 15) is 4.79 Å². The fourth-order valence-corrected chi connectivity index (χ4v) is 3.60. The van der Waals surface area contributed by atoms with Crippen molar-refractivity contribution in [2.75, 3.05) is 43.7 Å². The molecule has 2 aromatic heterocycles. The van der Waals surface area contributed by atoms with Gasteiger partial charge in [-0.15, -0.1) is 12.4 Å². The van der Waals surface area contributed by atoms with Crippen LogP contribution in [-0.4, -0.2) is 63.7 Å². The van der Waals surface area contributed by atoms with Crippen LogP contribution >= 0.6 is 12.4 Å². The molecule has 1 aliphatic heterocycles. The number of carbonyl (C=O) groups is 1. The lowest BCUT2D eigenvalue weighted by Gasteiger charge is -2.32. The first-order valence-electron chi connectivity index (χ1n) is 15.6. The highest BCUT2D eigenvalue weighted by Crippen LogP contribution is 2.24. The fraction of sp³-hybridized carbons (Fsp3) is 0.241. The van der Waals surface area contributed by atoms with Crippen LogP contribution in [0.2, 0.25) is 0 Å². The number of likely N-dealkylation sites (N-methyl/N-ethyl adjacent to an activating group) is 1. The Balaban J connectivity index is 0.00000480. The number of amides is 1. The van der Waals surface area contributed by atoms with E-state index in [1.807, 2.05) is 25.1 Å². The molecule has 8 nitrogen and oxygen atoms in total. The topological polar surface area (TPSA) is 86.3 Å². The number of halogens is 1. The highest BCUT2D eigenvalue weighted by atomic mass is 35.5. The van der Waals surface area contributed by atoms with E-state index in [4.69, 9.17) is 11.0 Å². The van der Waals surface area contributed by atoms with Gasteiger partial charge in [-0.1, -0.05) is 18.2 Å². The van der Waals surface area contributed by atoms with Crippen molar-refractivity contribution in [3.8, 4) is 11.3 Å². The molecule has 1 amide bonds. The summed E-state index contributed by atoms with van der Waals surface area (Å²) in [5, 5.41) is 6.03. The minimum Gasteiger partial charge on any atom is -0.324 e. The Bertz CT molecular complexity index is 1680. The summed E-state index contributed by atoms with van der Waals surface area (Å²) in [6.45, 7) is -9.97. The fourth-order valence-electron chi connectivity index (χ4n) is 3.60. The maximum absolute atomic E-state index is 13.1. The number of hydrogen-bond acceptors (Lipinski definition) is 7. The minimum absolute atomic E-state index is 0. The van der Waals surface area contributed by atoms with E-state index in [1.54, 1.807) is 36.8 Å². The van der Waals surface area contributed by atoms with Crippen LogP contribution in [0.5, 0.6) is 0 Å². The van der Waals surface area contributed by atoms with Gasteiger partial charge < -0.3 is 15.5 Å². The molecule has 0 unspecified atom stereocenters. The Hall–Kier alpha value is -3.85. The summed E-state index contributed by atoms with van der Waals surface area (Å²) in [6.07, 6.45) is 5.03. The minimum atomic E-state index is -2.88. The number of benzene rings is 2. The zero-order valence-corrected chi connectivity index (χ0v) is 21.6. The molecule has 196 valence electrons. The summed E-state index contributed by atoms with van der Waals surface area (Å²) >= 11 is 0. The maximum atomic E-state index is 13.1. The smallest absolute Gasteiger partial charge is 0.255 e. The van der Waals surface area contributed by atoms with Crippen molar-refractivity contribution in [2.45, 2.75) is 13.5 Å². The van der Waals surface area contributed by atoms with Crippen molar-refractivity contribution in [3.63, 3.8) is 0 Å². The van der Waals surface area contributed by atoms with E-state index in [1.165, 1.54) is 24.3 Å². The van der Waals surface area contributed by atoms with Gasteiger partial charge in [-0.05, 0) is 67.6 Å². The molecule has 1 aliphatic rings. The van der Waals surface area contributed by atoms with Gasteiger partial charge in [0.05, 0.1) is 5.69 Å². The number of hydrogen-bond donors (Lipinski definition) is 2. The Morgan fingerprint density at radius 3 is 2.55 bits per heavy atom. The van der Waals surface area contributed by atoms with Gasteiger partial charge in [-0.25, -0.2) is 9.97 Å². The summed E-state index contributed by atoms with van der Waals surface area (Å²) in [6, 6.07) is 16.8. The first-order chi connectivity index (χ1) is 21.1. The van der Waals surface area contributed by atoms with Crippen LogP contribution in [0.15, 0.2) is 79.3 Å². The zero-order valence-electron chi connectivity index (χ0n) is 28.8. The van der Waals surface area contributed by atoms with Crippen LogP contribution < -0.4 is 10.6 Å². The Kier molecular flexibility index (Phi) is 6.10. The van der Waals surface area contributed by atoms with E-state index in [0.29, 0.717) is 38.4 Å². The van der Waals surface area contributed by atoms with E-state index in [2.05, 4.69) is 25.6 Å². The molecule has 9 heteroatoms. The number of nitrogens with one attached hydrogen (secondary N) is 2. The molecule has 0 aliphatic carbocycles. The molecule has 4 aromatic rings. The molecule has 0 radical (unpaired) electrons.